The number of fused-ring (bicyclic) bond motifs is 1. The Morgan fingerprint density at radius 2 is 1.77 bits per heavy atom. The molecule has 0 amide bonds. The predicted molar refractivity (Wildman–Crippen MR) is 110 cm³/mol. The average molecular weight is 425 g/mol. The molecule has 1 atom stereocenters. The van der Waals surface area contributed by atoms with Crippen LogP contribution in [0.1, 0.15) is 29.7 Å². The molecular weight excluding hydrogens is 407 g/mol. The van der Waals surface area contributed by atoms with Crippen LogP contribution in [0, 0.1) is 6.92 Å². The minimum Gasteiger partial charge on any atom is -0.478 e. The van der Waals surface area contributed by atoms with E-state index in [0.29, 0.717) is 33.9 Å². The fraction of sp³-hybridized carbons (Fsp3) is 0.167. The lowest BCUT2D eigenvalue weighted by Gasteiger charge is -2.20. The van der Waals surface area contributed by atoms with Gasteiger partial charge in [-0.05, 0) is 50.2 Å². The molecule has 4 aromatic rings. The summed E-state index contributed by atoms with van der Waals surface area (Å²) in [6.07, 6.45) is -5.69. The van der Waals surface area contributed by atoms with Gasteiger partial charge in [-0.25, -0.2) is 4.98 Å². The average Bonchev–Trinajstić information content (AvgIpc) is 3.16. The summed E-state index contributed by atoms with van der Waals surface area (Å²) in [4.78, 5) is 16.7. The van der Waals surface area contributed by atoms with E-state index in [-0.39, 0.29) is 5.56 Å². The first-order chi connectivity index (χ1) is 14.7. The van der Waals surface area contributed by atoms with Crippen LogP contribution in [0.2, 0.25) is 0 Å². The highest BCUT2D eigenvalue weighted by atomic mass is 19.4. The van der Waals surface area contributed by atoms with Crippen LogP contribution in [0.5, 0.6) is 5.75 Å². The summed E-state index contributed by atoms with van der Waals surface area (Å²) in [7, 11) is 0. The number of ketones is 1. The standard InChI is InChI=1S/C24H18F3NO3/c1-14-18(23-28-19-10-3-4-11-21(19)31-23)9-6-12-20(14)30-22(15(2)29)16-7-5-8-17(13-16)24(25,26)27/h3-13,22H,1-2H3. The number of aromatic nitrogens is 1. The number of Topliss-reactive ketones (excluding diaryl/α,β-unsaturated/α-hetero) is 1. The molecule has 0 saturated carbocycles. The van der Waals surface area contributed by atoms with Crippen molar-refractivity contribution in [3.05, 3.63) is 83.4 Å². The smallest absolute Gasteiger partial charge is 0.416 e. The van der Waals surface area contributed by atoms with E-state index in [4.69, 9.17) is 9.15 Å². The third-order valence-corrected chi connectivity index (χ3v) is 4.94. The van der Waals surface area contributed by atoms with Crippen molar-refractivity contribution in [3.8, 4) is 17.2 Å². The number of nitrogens with zero attached hydrogens (tertiary/aromatic N) is 1. The summed E-state index contributed by atoms with van der Waals surface area (Å²) >= 11 is 0. The number of para-hydroxylation sites is 2. The van der Waals surface area contributed by atoms with Crippen molar-refractivity contribution in [2.75, 3.05) is 0 Å². The lowest BCUT2D eigenvalue weighted by molar-refractivity contribution is -0.138. The molecule has 0 spiro atoms. The molecule has 31 heavy (non-hydrogen) atoms. The zero-order chi connectivity index (χ0) is 22.2. The van der Waals surface area contributed by atoms with Crippen LogP contribution in [-0.4, -0.2) is 10.8 Å². The number of alkyl halides is 3. The van der Waals surface area contributed by atoms with E-state index < -0.39 is 23.6 Å². The van der Waals surface area contributed by atoms with E-state index in [2.05, 4.69) is 4.98 Å². The lowest BCUT2D eigenvalue weighted by Crippen LogP contribution is -2.17. The van der Waals surface area contributed by atoms with E-state index in [1.54, 1.807) is 31.2 Å². The lowest BCUT2D eigenvalue weighted by atomic mass is 10.0. The first-order valence-corrected chi connectivity index (χ1v) is 9.54. The van der Waals surface area contributed by atoms with Gasteiger partial charge in [0.25, 0.3) is 0 Å². The molecule has 0 fully saturated rings. The zero-order valence-electron chi connectivity index (χ0n) is 16.7. The Balaban J connectivity index is 1.71. The Kier molecular flexibility index (Phi) is 5.27. The van der Waals surface area contributed by atoms with Crippen molar-refractivity contribution >= 4 is 16.9 Å². The van der Waals surface area contributed by atoms with Crippen LogP contribution in [0.25, 0.3) is 22.6 Å². The van der Waals surface area contributed by atoms with E-state index in [9.17, 15) is 18.0 Å². The number of halogens is 3. The molecule has 0 aliphatic carbocycles. The maximum absolute atomic E-state index is 13.1. The predicted octanol–water partition coefficient (Wildman–Crippen LogP) is 6.53. The van der Waals surface area contributed by atoms with Crippen molar-refractivity contribution in [2.24, 2.45) is 0 Å². The van der Waals surface area contributed by atoms with Crippen LogP contribution in [-0.2, 0) is 11.0 Å². The zero-order valence-corrected chi connectivity index (χ0v) is 16.7. The highest BCUT2D eigenvalue weighted by Gasteiger charge is 2.32. The first kappa shape index (κ1) is 20.7. The third-order valence-electron chi connectivity index (χ3n) is 4.94. The molecule has 0 saturated heterocycles. The molecule has 1 heterocycles. The number of benzene rings is 3. The second kappa shape index (κ2) is 7.91. The number of hydrogen-bond donors (Lipinski definition) is 0. The summed E-state index contributed by atoms with van der Waals surface area (Å²) in [6.45, 7) is 3.06. The second-order valence-electron chi connectivity index (χ2n) is 7.15. The molecule has 0 radical (unpaired) electrons. The summed E-state index contributed by atoms with van der Waals surface area (Å²) in [5, 5.41) is 0. The van der Waals surface area contributed by atoms with Gasteiger partial charge in [-0.1, -0.05) is 30.3 Å². The molecule has 158 valence electrons. The van der Waals surface area contributed by atoms with Gasteiger partial charge in [0.1, 0.15) is 11.3 Å². The molecule has 1 unspecified atom stereocenters. The van der Waals surface area contributed by atoms with Crippen molar-refractivity contribution in [1.29, 1.82) is 0 Å². The van der Waals surface area contributed by atoms with Gasteiger partial charge in [0.15, 0.2) is 17.5 Å². The van der Waals surface area contributed by atoms with E-state index in [1.807, 2.05) is 18.2 Å². The fourth-order valence-corrected chi connectivity index (χ4v) is 3.35. The van der Waals surface area contributed by atoms with Crippen molar-refractivity contribution in [2.45, 2.75) is 26.1 Å². The van der Waals surface area contributed by atoms with Crippen LogP contribution in [0.4, 0.5) is 13.2 Å². The minimum atomic E-state index is -4.51. The van der Waals surface area contributed by atoms with E-state index in [0.717, 1.165) is 12.1 Å². The number of carbonyl (C=O) groups is 1. The van der Waals surface area contributed by atoms with Crippen LogP contribution >= 0.6 is 0 Å². The largest absolute Gasteiger partial charge is 0.478 e. The van der Waals surface area contributed by atoms with Crippen LogP contribution < -0.4 is 4.74 Å². The highest BCUT2D eigenvalue weighted by Crippen LogP contribution is 2.35. The molecule has 4 rings (SSSR count). The highest BCUT2D eigenvalue weighted by molar-refractivity contribution is 5.82. The molecule has 0 aliphatic rings. The SMILES string of the molecule is CC(=O)C(Oc1cccc(-c2nc3ccccc3o2)c1C)c1cccc(C(F)(F)F)c1. The summed E-state index contributed by atoms with van der Waals surface area (Å²) in [5.41, 5.74) is 1.96. The summed E-state index contributed by atoms with van der Waals surface area (Å²) < 4.78 is 51.1. The monoisotopic (exact) mass is 425 g/mol. The summed E-state index contributed by atoms with van der Waals surface area (Å²) in [6, 6.07) is 17.1. The molecule has 0 aliphatic heterocycles. The Labute approximate surface area is 176 Å². The second-order valence-corrected chi connectivity index (χ2v) is 7.15. The van der Waals surface area contributed by atoms with E-state index in [1.165, 1.54) is 19.1 Å². The molecule has 0 N–H and O–H groups in total. The minimum absolute atomic E-state index is 0.133. The van der Waals surface area contributed by atoms with Gasteiger partial charge in [-0.3, -0.25) is 4.79 Å². The number of oxazole rings is 1. The summed E-state index contributed by atoms with van der Waals surface area (Å²) in [5.74, 6) is 0.339. The van der Waals surface area contributed by atoms with Gasteiger partial charge in [0, 0.05) is 16.7 Å². The fourth-order valence-electron chi connectivity index (χ4n) is 3.35. The number of rotatable bonds is 5. The van der Waals surface area contributed by atoms with Crippen molar-refractivity contribution in [3.63, 3.8) is 0 Å². The van der Waals surface area contributed by atoms with Gasteiger partial charge in [0.2, 0.25) is 5.89 Å². The van der Waals surface area contributed by atoms with Gasteiger partial charge in [-0.15, -0.1) is 0 Å². The van der Waals surface area contributed by atoms with Crippen LogP contribution in [0.3, 0.4) is 0 Å². The molecule has 4 nitrogen and oxygen atoms in total. The topological polar surface area (TPSA) is 52.3 Å². The Morgan fingerprint density at radius 1 is 1.03 bits per heavy atom. The molecule has 3 aromatic carbocycles. The maximum atomic E-state index is 13.1. The number of hydrogen-bond acceptors (Lipinski definition) is 4. The molecule has 0 bridgehead atoms. The number of carbonyl (C=O) groups excluding carboxylic acids is 1. The van der Waals surface area contributed by atoms with Gasteiger partial charge in [-0.2, -0.15) is 13.2 Å². The maximum Gasteiger partial charge on any atom is 0.416 e. The Morgan fingerprint density at radius 3 is 2.48 bits per heavy atom. The Bertz CT molecular complexity index is 1230. The molecule has 7 heteroatoms. The van der Waals surface area contributed by atoms with Gasteiger partial charge >= 0.3 is 6.18 Å². The normalized spacial score (nSPS) is 12.7. The third kappa shape index (κ3) is 4.17. The van der Waals surface area contributed by atoms with Crippen LogP contribution in [0.15, 0.2) is 71.1 Å². The van der Waals surface area contributed by atoms with E-state index >= 15 is 0 Å². The van der Waals surface area contributed by atoms with Gasteiger partial charge < -0.3 is 9.15 Å². The quantitative estimate of drug-likeness (QED) is 0.365. The first-order valence-electron chi connectivity index (χ1n) is 9.54. The Hall–Kier alpha value is -3.61. The number of ether oxygens (including phenoxy) is 1. The molecule has 1 aromatic heterocycles. The van der Waals surface area contributed by atoms with Gasteiger partial charge in [0.05, 0.1) is 5.56 Å². The molecular formula is C24H18F3NO3. The van der Waals surface area contributed by atoms with Crippen molar-refractivity contribution < 1.29 is 27.1 Å². The van der Waals surface area contributed by atoms with Crippen molar-refractivity contribution in [1.82, 2.24) is 4.98 Å².